The summed E-state index contributed by atoms with van der Waals surface area (Å²) in [5, 5.41) is 3.31. The maximum atomic E-state index is 11.2. The van der Waals surface area contributed by atoms with Crippen LogP contribution in [0.5, 0.6) is 0 Å². The van der Waals surface area contributed by atoms with E-state index >= 15 is 0 Å². The van der Waals surface area contributed by atoms with Gasteiger partial charge in [-0.15, -0.1) is 0 Å². The van der Waals surface area contributed by atoms with Crippen LogP contribution in [-0.2, 0) is 4.79 Å². The van der Waals surface area contributed by atoms with E-state index in [1.807, 2.05) is 11.9 Å². The molecule has 11 heavy (non-hydrogen) atoms. The number of carbonyl (C=O) groups is 1. The van der Waals surface area contributed by atoms with Gasteiger partial charge in [-0.1, -0.05) is 0 Å². The van der Waals surface area contributed by atoms with Crippen molar-refractivity contribution in [3.8, 4) is 0 Å². The number of likely N-dealkylation sites (tertiary alicyclic amines) is 1. The molecule has 2 atom stereocenters. The van der Waals surface area contributed by atoms with Crippen LogP contribution in [0.2, 0.25) is 0 Å². The molecule has 0 radical (unpaired) electrons. The standard InChI is InChI=1S/C8H14N2O/c1-10-7-5-9-3-2-6(7)4-8(10)11/h6-7,9H,2-5H2,1H3/t6-,7+/m0/s1. The van der Waals surface area contributed by atoms with Crippen molar-refractivity contribution in [3.05, 3.63) is 0 Å². The molecule has 2 rings (SSSR count). The number of rotatable bonds is 0. The third kappa shape index (κ3) is 1.03. The van der Waals surface area contributed by atoms with E-state index in [0.717, 1.165) is 19.5 Å². The highest BCUT2D eigenvalue weighted by molar-refractivity contribution is 5.79. The van der Waals surface area contributed by atoms with Gasteiger partial charge in [0, 0.05) is 26.1 Å². The molecule has 0 aromatic carbocycles. The summed E-state index contributed by atoms with van der Waals surface area (Å²) < 4.78 is 0. The molecular weight excluding hydrogens is 140 g/mol. The molecule has 0 bridgehead atoms. The fourth-order valence-corrected chi connectivity index (χ4v) is 2.14. The van der Waals surface area contributed by atoms with Crippen LogP contribution in [0, 0.1) is 5.92 Å². The van der Waals surface area contributed by atoms with Crippen LogP contribution in [0.4, 0.5) is 0 Å². The number of hydrogen-bond donors (Lipinski definition) is 1. The fourth-order valence-electron chi connectivity index (χ4n) is 2.14. The Balaban J connectivity index is 2.11. The van der Waals surface area contributed by atoms with Crippen molar-refractivity contribution in [3.63, 3.8) is 0 Å². The molecule has 2 saturated heterocycles. The first-order valence-corrected chi connectivity index (χ1v) is 4.25. The van der Waals surface area contributed by atoms with Gasteiger partial charge >= 0.3 is 0 Å². The van der Waals surface area contributed by atoms with Crippen molar-refractivity contribution in [2.75, 3.05) is 20.1 Å². The zero-order chi connectivity index (χ0) is 7.84. The summed E-state index contributed by atoms with van der Waals surface area (Å²) in [6, 6.07) is 0.483. The molecule has 0 aromatic heterocycles. The molecular formula is C8H14N2O. The summed E-state index contributed by atoms with van der Waals surface area (Å²) in [4.78, 5) is 13.1. The lowest BCUT2D eigenvalue weighted by atomic mass is 9.93. The molecule has 3 nitrogen and oxygen atoms in total. The van der Waals surface area contributed by atoms with Crippen molar-refractivity contribution in [1.82, 2.24) is 10.2 Å². The second-order valence-electron chi connectivity index (χ2n) is 3.53. The third-order valence-electron chi connectivity index (χ3n) is 2.92. The van der Waals surface area contributed by atoms with E-state index in [0.29, 0.717) is 17.9 Å². The van der Waals surface area contributed by atoms with Crippen molar-refractivity contribution in [2.24, 2.45) is 5.92 Å². The number of nitrogens with one attached hydrogen (secondary N) is 1. The maximum absolute atomic E-state index is 11.2. The van der Waals surface area contributed by atoms with Gasteiger partial charge in [-0.2, -0.15) is 0 Å². The summed E-state index contributed by atoms with van der Waals surface area (Å²) in [7, 11) is 1.92. The fraction of sp³-hybridized carbons (Fsp3) is 0.875. The van der Waals surface area contributed by atoms with Crippen molar-refractivity contribution in [1.29, 1.82) is 0 Å². The normalized spacial score (nSPS) is 37.5. The Labute approximate surface area is 66.8 Å². The van der Waals surface area contributed by atoms with Gasteiger partial charge in [0.25, 0.3) is 0 Å². The summed E-state index contributed by atoms with van der Waals surface area (Å²) in [5.74, 6) is 0.956. The van der Waals surface area contributed by atoms with E-state index in [-0.39, 0.29) is 0 Å². The van der Waals surface area contributed by atoms with Crippen molar-refractivity contribution in [2.45, 2.75) is 18.9 Å². The Morgan fingerprint density at radius 2 is 2.45 bits per heavy atom. The molecule has 1 N–H and O–H groups in total. The number of amides is 1. The van der Waals surface area contributed by atoms with Gasteiger partial charge in [0.15, 0.2) is 0 Å². The Morgan fingerprint density at radius 1 is 1.64 bits per heavy atom. The Hall–Kier alpha value is -0.570. The van der Waals surface area contributed by atoms with Crippen LogP contribution in [-0.4, -0.2) is 37.0 Å². The predicted octanol–water partition coefficient (Wildman–Crippen LogP) is -0.173. The average Bonchev–Trinajstić information content (AvgIpc) is 2.30. The number of likely N-dealkylation sites (N-methyl/N-ethyl adjacent to an activating group) is 1. The molecule has 0 unspecified atom stereocenters. The molecule has 62 valence electrons. The van der Waals surface area contributed by atoms with Crippen LogP contribution in [0.25, 0.3) is 0 Å². The predicted molar refractivity (Wildman–Crippen MR) is 42.2 cm³/mol. The molecule has 0 saturated carbocycles. The minimum absolute atomic E-state index is 0.323. The Kier molecular flexibility index (Phi) is 1.60. The highest BCUT2D eigenvalue weighted by atomic mass is 16.2. The molecule has 0 spiro atoms. The molecule has 2 fully saturated rings. The van der Waals surface area contributed by atoms with E-state index in [1.54, 1.807) is 0 Å². The van der Waals surface area contributed by atoms with Gasteiger partial charge in [0.1, 0.15) is 0 Å². The van der Waals surface area contributed by atoms with E-state index in [9.17, 15) is 4.79 Å². The van der Waals surface area contributed by atoms with Crippen molar-refractivity contribution < 1.29 is 4.79 Å². The van der Waals surface area contributed by atoms with Gasteiger partial charge < -0.3 is 10.2 Å². The number of piperidine rings is 1. The first-order chi connectivity index (χ1) is 5.29. The molecule has 2 aliphatic heterocycles. The minimum Gasteiger partial charge on any atom is -0.341 e. The van der Waals surface area contributed by atoms with Gasteiger partial charge in [-0.3, -0.25) is 4.79 Å². The molecule has 0 aliphatic carbocycles. The summed E-state index contributed by atoms with van der Waals surface area (Å²) in [6.45, 7) is 2.08. The molecule has 2 heterocycles. The molecule has 1 amide bonds. The van der Waals surface area contributed by atoms with E-state index in [4.69, 9.17) is 0 Å². The summed E-state index contributed by atoms with van der Waals surface area (Å²) >= 11 is 0. The lowest BCUT2D eigenvalue weighted by molar-refractivity contribution is -0.127. The SMILES string of the molecule is CN1C(=O)C[C@@H]2CCNC[C@H]21. The zero-order valence-electron chi connectivity index (χ0n) is 6.84. The van der Waals surface area contributed by atoms with Crippen LogP contribution < -0.4 is 5.32 Å². The third-order valence-corrected chi connectivity index (χ3v) is 2.92. The van der Waals surface area contributed by atoms with Gasteiger partial charge in [0.2, 0.25) is 5.91 Å². The summed E-state index contributed by atoms with van der Waals surface area (Å²) in [6.07, 6.45) is 1.95. The van der Waals surface area contributed by atoms with E-state index in [1.165, 1.54) is 6.42 Å². The van der Waals surface area contributed by atoms with Gasteiger partial charge in [-0.05, 0) is 18.9 Å². The van der Waals surface area contributed by atoms with Crippen LogP contribution in [0.15, 0.2) is 0 Å². The van der Waals surface area contributed by atoms with Crippen molar-refractivity contribution >= 4 is 5.91 Å². The second kappa shape index (κ2) is 2.48. The monoisotopic (exact) mass is 154 g/mol. The Bertz CT molecular complexity index is 181. The van der Waals surface area contributed by atoms with Gasteiger partial charge in [-0.25, -0.2) is 0 Å². The van der Waals surface area contributed by atoms with Crippen LogP contribution in [0.3, 0.4) is 0 Å². The number of hydrogen-bond acceptors (Lipinski definition) is 2. The van der Waals surface area contributed by atoms with Crippen LogP contribution in [0.1, 0.15) is 12.8 Å². The zero-order valence-corrected chi connectivity index (χ0v) is 6.84. The second-order valence-corrected chi connectivity index (χ2v) is 3.53. The Morgan fingerprint density at radius 3 is 3.18 bits per heavy atom. The smallest absolute Gasteiger partial charge is 0.222 e. The first-order valence-electron chi connectivity index (χ1n) is 4.25. The lowest BCUT2D eigenvalue weighted by Crippen LogP contribution is -2.44. The largest absolute Gasteiger partial charge is 0.341 e. The minimum atomic E-state index is 0.323. The number of carbonyl (C=O) groups excluding carboxylic acids is 1. The number of nitrogens with zero attached hydrogens (tertiary/aromatic N) is 1. The van der Waals surface area contributed by atoms with E-state index < -0.39 is 0 Å². The highest BCUT2D eigenvalue weighted by Gasteiger charge is 2.38. The number of fused-ring (bicyclic) bond motifs is 1. The van der Waals surface area contributed by atoms with Crippen LogP contribution >= 0.6 is 0 Å². The summed E-state index contributed by atoms with van der Waals surface area (Å²) in [5.41, 5.74) is 0. The topological polar surface area (TPSA) is 32.3 Å². The first kappa shape index (κ1) is 7.10. The quantitative estimate of drug-likeness (QED) is 0.525. The lowest BCUT2D eigenvalue weighted by Gasteiger charge is -2.29. The molecule has 0 aromatic rings. The maximum Gasteiger partial charge on any atom is 0.222 e. The molecule has 2 aliphatic rings. The van der Waals surface area contributed by atoms with E-state index in [2.05, 4.69) is 5.32 Å². The highest BCUT2D eigenvalue weighted by Crippen LogP contribution is 2.28. The van der Waals surface area contributed by atoms with Gasteiger partial charge in [0.05, 0.1) is 0 Å². The molecule has 3 heteroatoms. The average molecular weight is 154 g/mol.